The van der Waals surface area contributed by atoms with Crippen LogP contribution in [-0.4, -0.2) is 53.2 Å². The number of hydrogen-bond acceptors (Lipinski definition) is 5. The Bertz CT molecular complexity index is 875. The number of likely N-dealkylation sites (tertiary alicyclic amines) is 2. The van der Waals surface area contributed by atoms with E-state index in [0.29, 0.717) is 5.58 Å². The Balaban J connectivity index is 1.48. The van der Waals surface area contributed by atoms with Gasteiger partial charge in [0.05, 0.1) is 5.60 Å². The number of benzene rings is 1. The highest BCUT2D eigenvalue weighted by Crippen LogP contribution is 2.28. The third kappa shape index (κ3) is 4.10. The summed E-state index contributed by atoms with van der Waals surface area (Å²) in [6, 6.07) is 5.79. The van der Waals surface area contributed by atoms with Crippen LogP contribution in [-0.2, 0) is 6.54 Å². The molecule has 2 aliphatic rings. The van der Waals surface area contributed by atoms with Gasteiger partial charge in [0, 0.05) is 37.6 Å². The number of fused-ring (bicyclic) bond motifs is 1. The van der Waals surface area contributed by atoms with Crippen molar-refractivity contribution in [1.82, 2.24) is 9.80 Å². The van der Waals surface area contributed by atoms with Crippen LogP contribution >= 0.6 is 0 Å². The predicted molar refractivity (Wildman–Crippen MR) is 107 cm³/mol. The van der Waals surface area contributed by atoms with Gasteiger partial charge in [-0.15, -0.1) is 0 Å². The Morgan fingerprint density at radius 1 is 1.04 bits per heavy atom. The van der Waals surface area contributed by atoms with Crippen molar-refractivity contribution < 1.29 is 9.52 Å². The Labute approximate surface area is 160 Å². The molecule has 0 radical (unpaired) electrons. The number of piperidine rings is 1. The molecule has 0 amide bonds. The minimum absolute atomic E-state index is 0.285. The van der Waals surface area contributed by atoms with Crippen molar-refractivity contribution in [3.05, 3.63) is 45.3 Å². The molecule has 1 aromatic carbocycles. The summed E-state index contributed by atoms with van der Waals surface area (Å²) in [4.78, 5) is 16.8. The largest absolute Gasteiger partial charge is 0.422 e. The number of β-amino-alcohol motifs (C(OH)–C–C–N with tert-alkyl or cyclic N) is 1. The van der Waals surface area contributed by atoms with Crippen molar-refractivity contribution in [2.24, 2.45) is 0 Å². The quantitative estimate of drug-likeness (QED) is 0.839. The fraction of sp³-hybridized carbons (Fsp3) is 0.591. The standard InChI is InChI=1S/C22H30N2O3/c1-16-11-17(2)21-19(12-16)18(13-20(25)27-21)14-23-9-5-22(26,6-10-23)15-24-7-3-4-8-24/h11-13,26H,3-10,14-15H2,1-2H3. The van der Waals surface area contributed by atoms with Gasteiger partial charge in [0.1, 0.15) is 5.58 Å². The maximum Gasteiger partial charge on any atom is 0.336 e. The smallest absolute Gasteiger partial charge is 0.336 e. The van der Waals surface area contributed by atoms with Crippen LogP contribution in [0.4, 0.5) is 0 Å². The molecule has 5 heteroatoms. The van der Waals surface area contributed by atoms with Gasteiger partial charge < -0.3 is 14.4 Å². The summed E-state index contributed by atoms with van der Waals surface area (Å²) in [5.41, 5.74) is 3.05. The number of aliphatic hydroxyl groups is 1. The first kappa shape index (κ1) is 18.7. The van der Waals surface area contributed by atoms with Crippen molar-refractivity contribution >= 4 is 11.0 Å². The summed E-state index contributed by atoms with van der Waals surface area (Å²) in [5, 5.41) is 12.0. The van der Waals surface area contributed by atoms with E-state index >= 15 is 0 Å². The minimum Gasteiger partial charge on any atom is -0.422 e. The lowest BCUT2D eigenvalue weighted by molar-refractivity contribution is -0.0429. The number of hydrogen-bond donors (Lipinski definition) is 1. The van der Waals surface area contributed by atoms with Crippen molar-refractivity contribution in [2.45, 2.75) is 51.7 Å². The fourth-order valence-corrected chi connectivity index (χ4v) is 4.69. The summed E-state index contributed by atoms with van der Waals surface area (Å²) in [7, 11) is 0. The van der Waals surface area contributed by atoms with Gasteiger partial charge in [-0.25, -0.2) is 4.79 Å². The van der Waals surface area contributed by atoms with E-state index in [4.69, 9.17) is 4.42 Å². The first-order valence-corrected chi connectivity index (χ1v) is 10.1. The molecule has 5 nitrogen and oxygen atoms in total. The monoisotopic (exact) mass is 370 g/mol. The summed E-state index contributed by atoms with van der Waals surface area (Å²) in [6.07, 6.45) is 4.09. The molecule has 27 heavy (non-hydrogen) atoms. The van der Waals surface area contributed by atoms with Crippen molar-refractivity contribution in [3.8, 4) is 0 Å². The van der Waals surface area contributed by atoms with E-state index in [0.717, 1.165) is 68.6 Å². The van der Waals surface area contributed by atoms with Gasteiger partial charge in [0.2, 0.25) is 0 Å². The summed E-state index contributed by atoms with van der Waals surface area (Å²) >= 11 is 0. The maximum absolute atomic E-state index is 12.0. The third-order valence-corrected chi connectivity index (χ3v) is 6.16. The van der Waals surface area contributed by atoms with E-state index in [1.165, 1.54) is 18.4 Å². The lowest BCUT2D eigenvalue weighted by Gasteiger charge is -2.40. The molecule has 0 saturated carbocycles. The van der Waals surface area contributed by atoms with E-state index in [1.54, 1.807) is 6.07 Å². The lowest BCUT2D eigenvalue weighted by Crippen LogP contribution is -2.50. The Hall–Kier alpha value is -1.69. The van der Waals surface area contributed by atoms with Crippen LogP contribution in [0.2, 0.25) is 0 Å². The highest BCUT2D eigenvalue weighted by atomic mass is 16.4. The second kappa shape index (κ2) is 7.38. The van der Waals surface area contributed by atoms with Gasteiger partial charge >= 0.3 is 5.63 Å². The van der Waals surface area contributed by atoms with E-state index < -0.39 is 5.60 Å². The van der Waals surface area contributed by atoms with Gasteiger partial charge in [-0.05, 0) is 75.4 Å². The predicted octanol–water partition coefficient (Wildman–Crippen LogP) is 2.83. The molecule has 2 aliphatic heterocycles. The van der Waals surface area contributed by atoms with Gasteiger partial charge in [-0.3, -0.25) is 4.90 Å². The van der Waals surface area contributed by atoms with Gasteiger partial charge in [0.25, 0.3) is 0 Å². The highest BCUT2D eigenvalue weighted by Gasteiger charge is 2.34. The van der Waals surface area contributed by atoms with E-state index in [9.17, 15) is 9.90 Å². The van der Waals surface area contributed by atoms with Crippen molar-refractivity contribution in [3.63, 3.8) is 0 Å². The molecule has 0 aliphatic carbocycles. The molecule has 1 N–H and O–H groups in total. The van der Waals surface area contributed by atoms with Gasteiger partial charge in [0.15, 0.2) is 0 Å². The average Bonchev–Trinajstić information content (AvgIpc) is 3.11. The molecule has 1 aromatic heterocycles. The fourth-order valence-electron chi connectivity index (χ4n) is 4.69. The zero-order chi connectivity index (χ0) is 19.0. The van der Waals surface area contributed by atoms with Crippen LogP contribution in [0.1, 0.15) is 42.4 Å². The zero-order valence-electron chi connectivity index (χ0n) is 16.5. The third-order valence-electron chi connectivity index (χ3n) is 6.16. The molecule has 2 fully saturated rings. The molecule has 2 saturated heterocycles. The van der Waals surface area contributed by atoms with Gasteiger partial charge in [-0.1, -0.05) is 6.07 Å². The van der Waals surface area contributed by atoms with Crippen LogP contribution in [0.5, 0.6) is 0 Å². The first-order chi connectivity index (χ1) is 12.9. The molecular weight excluding hydrogens is 340 g/mol. The van der Waals surface area contributed by atoms with Crippen LogP contribution in [0, 0.1) is 13.8 Å². The molecule has 0 spiro atoms. The maximum atomic E-state index is 12.0. The SMILES string of the molecule is Cc1cc(C)c2oc(=O)cc(CN3CCC(O)(CN4CCCC4)CC3)c2c1. The second-order valence-corrected chi connectivity index (χ2v) is 8.53. The molecule has 0 bridgehead atoms. The molecule has 146 valence electrons. The Morgan fingerprint density at radius 2 is 1.74 bits per heavy atom. The zero-order valence-corrected chi connectivity index (χ0v) is 16.5. The summed E-state index contributed by atoms with van der Waals surface area (Å²) < 4.78 is 5.47. The molecular formula is C22H30N2O3. The van der Waals surface area contributed by atoms with Crippen LogP contribution in [0.3, 0.4) is 0 Å². The van der Waals surface area contributed by atoms with E-state index in [-0.39, 0.29) is 5.63 Å². The topological polar surface area (TPSA) is 56.9 Å². The molecule has 0 unspecified atom stereocenters. The van der Waals surface area contributed by atoms with E-state index in [2.05, 4.69) is 28.9 Å². The Kier molecular flexibility index (Phi) is 5.10. The number of rotatable bonds is 4. The molecule has 4 rings (SSSR count). The van der Waals surface area contributed by atoms with Crippen molar-refractivity contribution in [2.75, 3.05) is 32.7 Å². The Morgan fingerprint density at radius 3 is 2.44 bits per heavy atom. The number of nitrogens with zero attached hydrogens (tertiary/aromatic N) is 2. The summed E-state index contributed by atoms with van der Waals surface area (Å²) in [5.74, 6) is 0. The lowest BCUT2D eigenvalue weighted by atomic mass is 9.90. The average molecular weight is 370 g/mol. The van der Waals surface area contributed by atoms with Gasteiger partial charge in [-0.2, -0.15) is 0 Å². The molecule has 2 aromatic rings. The number of aryl methyl sites for hydroxylation is 2. The van der Waals surface area contributed by atoms with Crippen molar-refractivity contribution in [1.29, 1.82) is 0 Å². The minimum atomic E-state index is -0.564. The van der Waals surface area contributed by atoms with Crippen LogP contribution in [0.25, 0.3) is 11.0 Å². The second-order valence-electron chi connectivity index (χ2n) is 8.53. The molecule has 0 atom stereocenters. The van der Waals surface area contributed by atoms with Crippen LogP contribution in [0.15, 0.2) is 27.4 Å². The summed E-state index contributed by atoms with van der Waals surface area (Å²) in [6.45, 7) is 9.55. The molecule has 3 heterocycles. The van der Waals surface area contributed by atoms with E-state index in [1.807, 2.05) is 6.92 Å². The highest BCUT2D eigenvalue weighted by molar-refractivity contribution is 5.83. The van der Waals surface area contributed by atoms with Crippen LogP contribution < -0.4 is 5.63 Å². The first-order valence-electron chi connectivity index (χ1n) is 10.1. The normalized spacial score (nSPS) is 21.1.